The Balaban J connectivity index is 1.38. The number of likely N-dealkylation sites (tertiary alicyclic amines) is 1. The summed E-state index contributed by atoms with van der Waals surface area (Å²) >= 11 is 0. The van der Waals surface area contributed by atoms with Crippen molar-refractivity contribution in [1.29, 1.82) is 5.26 Å². The van der Waals surface area contributed by atoms with Crippen molar-refractivity contribution in [2.24, 2.45) is 0 Å². The van der Waals surface area contributed by atoms with Gasteiger partial charge in [0.05, 0.1) is 23.8 Å². The zero-order valence-electron chi connectivity index (χ0n) is 15.8. The number of rotatable bonds is 2. The number of aromatic nitrogens is 3. The molecule has 2 aliphatic heterocycles. The van der Waals surface area contributed by atoms with E-state index in [-0.39, 0.29) is 23.9 Å². The van der Waals surface area contributed by atoms with Crippen LogP contribution in [0.4, 0.5) is 0 Å². The first kappa shape index (κ1) is 17.5. The first-order valence-electron chi connectivity index (χ1n) is 9.78. The SMILES string of the molecule is N#Cc1ccc(C(=O)N2CC3CCCC(C2)N3C(=O)c2ccc3cn[nH]c3c2)[nH]1. The molecule has 2 N–H and O–H groups in total. The maximum Gasteiger partial charge on any atom is 0.270 e. The van der Waals surface area contributed by atoms with Gasteiger partial charge in [0.15, 0.2) is 0 Å². The van der Waals surface area contributed by atoms with E-state index in [1.807, 2.05) is 34.1 Å². The highest BCUT2D eigenvalue weighted by Gasteiger charge is 2.42. The third kappa shape index (κ3) is 2.95. The van der Waals surface area contributed by atoms with Gasteiger partial charge >= 0.3 is 0 Å². The number of fused-ring (bicyclic) bond motifs is 3. The maximum absolute atomic E-state index is 13.3. The van der Waals surface area contributed by atoms with Crippen LogP contribution in [0.5, 0.6) is 0 Å². The summed E-state index contributed by atoms with van der Waals surface area (Å²) in [6, 6.07) is 10.9. The first-order valence-corrected chi connectivity index (χ1v) is 9.78. The zero-order valence-corrected chi connectivity index (χ0v) is 15.8. The monoisotopic (exact) mass is 388 g/mol. The molecule has 146 valence electrons. The van der Waals surface area contributed by atoms with Crippen LogP contribution in [0.2, 0.25) is 0 Å². The van der Waals surface area contributed by atoms with Gasteiger partial charge in [-0.15, -0.1) is 0 Å². The lowest BCUT2D eigenvalue weighted by atomic mass is 9.90. The number of amides is 2. The molecule has 5 rings (SSSR count). The number of piperidine rings is 1. The molecule has 2 fully saturated rings. The van der Waals surface area contributed by atoms with E-state index in [0.29, 0.717) is 30.0 Å². The number of benzene rings is 1. The van der Waals surface area contributed by atoms with E-state index in [4.69, 9.17) is 5.26 Å². The second-order valence-corrected chi connectivity index (χ2v) is 7.73. The summed E-state index contributed by atoms with van der Waals surface area (Å²) in [5.74, 6) is -0.107. The highest BCUT2D eigenvalue weighted by molar-refractivity contribution is 5.98. The van der Waals surface area contributed by atoms with Crippen molar-refractivity contribution in [3.63, 3.8) is 0 Å². The van der Waals surface area contributed by atoms with Crippen molar-refractivity contribution in [3.8, 4) is 6.07 Å². The van der Waals surface area contributed by atoms with E-state index in [0.717, 1.165) is 30.2 Å². The Morgan fingerprint density at radius 2 is 1.90 bits per heavy atom. The number of aromatic amines is 2. The van der Waals surface area contributed by atoms with E-state index < -0.39 is 0 Å². The molecule has 2 saturated heterocycles. The smallest absolute Gasteiger partial charge is 0.270 e. The molecule has 2 aliphatic rings. The van der Waals surface area contributed by atoms with Crippen molar-refractivity contribution >= 4 is 22.7 Å². The maximum atomic E-state index is 13.3. The summed E-state index contributed by atoms with van der Waals surface area (Å²) in [6.45, 7) is 1.02. The van der Waals surface area contributed by atoms with Crippen LogP contribution in [0.15, 0.2) is 36.5 Å². The van der Waals surface area contributed by atoms with Crippen LogP contribution in [0.25, 0.3) is 10.9 Å². The third-order valence-corrected chi connectivity index (χ3v) is 5.97. The standard InChI is InChI=1S/C21H20N6O2/c22-9-15-6-7-18(24-15)21(29)26-11-16-2-1-3-17(12-26)27(16)20(28)13-4-5-14-10-23-25-19(14)8-13/h4-8,10,16-17,24H,1-3,11-12H2,(H,23,25). The number of nitrogens with one attached hydrogen (secondary N) is 2. The Morgan fingerprint density at radius 1 is 1.10 bits per heavy atom. The molecule has 0 aliphatic carbocycles. The Morgan fingerprint density at radius 3 is 2.62 bits per heavy atom. The van der Waals surface area contributed by atoms with E-state index >= 15 is 0 Å². The number of carbonyl (C=O) groups excluding carboxylic acids is 2. The Bertz CT molecular complexity index is 1130. The van der Waals surface area contributed by atoms with Crippen LogP contribution in [-0.2, 0) is 0 Å². The van der Waals surface area contributed by atoms with Crippen molar-refractivity contribution in [1.82, 2.24) is 25.0 Å². The lowest BCUT2D eigenvalue weighted by Gasteiger charge is -2.50. The van der Waals surface area contributed by atoms with Crippen molar-refractivity contribution < 1.29 is 9.59 Å². The highest BCUT2D eigenvalue weighted by Crippen LogP contribution is 2.31. The molecule has 0 saturated carbocycles. The van der Waals surface area contributed by atoms with E-state index in [1.165, 1.54) is 0 Å². The summed E-state index contributed by atoms with van der Waals surface area (Å²) in [5, 5.41) is 16.9. The Labute approximate surface area is 167 Å². The molecular formula is C21H20N6O2. The average Bonchev–Trinajstić information content (AvgIpc) is 3.40. The molecule has 2 unspecified atom stereocenters. The molecule has 2 aromatic heterocycles. The van der Waals surface area contributed by atoms with E-state index in [9.17, 15) is 9.59 Å². The largest absolute Gasteiger partial charge is 0.342 e. The summed E-state index contributed by atoms with van der Waals surface area (Å²) < 4.78 is 0. The van der Waals surface area contributed by atoms with Crippen LogP contribution < -0.4 is 0 Å². The summed E-state index contributed by atoms with van der Waals surface area (Å²) in [7, 11) is 0. The van der Waals surface area contributed by atoms with Gasteiger partial charge in [0, 0.05) is 24.0 Å². The first-order chi connectivity index (χ1) is 14.1. The van der Waals surface area contributed by atoms with E-state index in [1.54, 1.807) is 18.3 Å². The van der Waals surface area contributed by atoms with E-state index in [2.05, 4.69) is 15.2 Å². The lowest BCUT2D eigenvalue weighted by Crippen LogP contribution is -2.63. The van der Waals surface area contributed by atoms with Gasteiger partial charge in [0.25, 0.3) is 11.8 Å². The minimum Gasteiger partial charge on any atom is -0.342 e. The molecule has 0 radical (unpaired) electrons. The van der Waals surface area contributed by atoms with Gasteiger partial charge < -0.3 is 14.8 Å². The number of H-pyrrole nitrogens is 2. The molecule has 29 heavy (non-hydrogen) atoms. The van der Waals surface area contributed by atoms with Gasteiger partial charge in [-0.25, -0.2) is 0 Å². The molecule has 4 heterocycles. The molecule has 0 spiro atoms. The number of carbonyl (C=O) groups is 2. The number of piperazine rings is 1. The number of hydrogen-bond donors (Lipinski definition) is 2. The van der Waals surface area contributed by atoms with Crippen LogP contribution in [0, 0.1) is 11.3 Å². The second-order valence-electron chi connectivity index (χ2n) is 7.73. The number of hydrogen-bond acceptors (Lipinski definition) is 4. The minimum absolute atomic E-state index is 0.00168. The summed E-state index contributed by atoms with van der Waals surface area (Å²) in [5.41, 5.74) is 2.27. The van der Waals surface area contributed by atoms with Crippen LogP contribution in [0.3, 0.4) is 0 Å². The molecule has 8 heteroatoms. The Hall–Kier alpha value is -3.60. The summed E-state index contributed by atoms with van der Waals surface area (Å²) in [6.07, 6.45) is 4.56. The number of nitrogens with zero attached hydrogens (tertiary/aromatic N) is 4. The predicted octanol–water partition coefficient (Wildman–Crippen LogP) is 2.28. The van der Waals surface area contributed by atoms with Gasteiger partial charge in [-0.1, -0.05) is 6.07 Å². The van der Waals surface area contributed by atoms with Crippen LogP contribution in [0.1, 0.15) is 45.8 Å². The molecule has 3 aromatic rings. The number of nitriles is 1. The minimum atomic E-state index is -0.116. The van der Waals surface area contributed by atoms with Crippen molar-refractivity contribution in [2.45, 2.75) is 31.3 Å². The summed E-state index contributed by atoms with van der Waals surface area (Å²) in [4.78, 5) is 32.8. The molecule has 2 amide bonds. The van der Waals surface area contributed by atoms with Gasteiger partial charge in [-0.05, 0) is 43.5 Å². The zero-order chi connectivity index (χ0) is 20.0. The van der Waals surface area contributed by atoms with Gasteiger partial charge in [-0.2, -0.15) is 10.4 Å². The highest BCUT2D eigenvalue weighted by atomic mass is 16.2. The quantitative estimate of drug-likeness (QED) is 0.702. The van der Waals surface area contributed by atoms with Crippen LogP contribution >= 0.6 is 0 Å². The fraction of sp³-hybridized carbons (Fsp3) is 0.333. The van der Waals surface area contributed by atoms with Gasteiger partial charge in [0.2, 0.25) is 0 Å². The Kier molecular flexibility index (Phi) is 4.09. The van der Waals surface area contributed by atoms with Crippen molar-refractivity contribution in [3.05, 3.63) is 53.5 Å². The molecule has 2 atom stereocenters. The van der Waals surface area contributed by atoms with Crippen LogP contribution in [-0.4, -0.2) is 62.0 Å². The lowest BCUT2D eigenvalue weighted by molar-refractivity contribution is 0.000874. The predicted molar refractivity (Wildman–Crippen MR) is 105 cm³/mol. The fourth-order valence-corrected chi connectivity index (χ4v) is 4.58. The normalized spacial score (nSPS) is 21.2. The van der Waals surface area contributed by atoms with Gasteiger partial charge in [0.1, 0.15) is 17.5 Å². The fourth-order valence-electron chi connectivity index (χ4n) is 4.58. The second kappa shape index (κ2) is 6.78. The third-order valence-electron chi connectivity index (χ3n) is 5.97. The topological polar surface area (TPSA) is 109 Å². The molecular weight excluding hydrogens is 368 g/mol. The molecule has 2 bridgehead atoms. The average molecular weight is 388 g/mol. The van der Waals surface area contributed by atoms with Crippen molar-refractivity contribution in [2.75, 3.05) is 13.1 Å². The van der Waals surface area contributed by atoms with Gasteiger partial charge in [-0.3, -0.25) is 14.7 Å². The molecule has 8 nitrogen and oxygen atoms in total. The molecule has 1 aromatic carbocycles.